The summed E-state index contributed by atoms with van der Waals surface area (Å²) >= 11 is 0. The molecule has 0 spiro atoms. The molecule has 1 saturated carbocycles. The van der Waals surface area contributed by atoms with Crippen LogP contribution in [0.2, 0.25) is 0 Å². The summed E-state index contributed by atoms with van der Waals surface area (Å²) < 4.78 is 0. The van der Waals surface area contributed by atoms with Gasteiger partial charge < -0.3 is 10.2 Å². The van der Waals surface area contributed by atoms with Gasteiger partial charge in [0.1, 0.15) is 0 Å². The van der Waals surface area contributed by atoms with Gasteiger partial charge in [0.05, 0.1) is 18.2 Å². The van der Waals surface area contributed by atoms with E-state index in [2.05, 4.69) is 35.0 Å². The van der Waals surface area contributed by atoms with Gasteiger partial charge in [0.2, 0.25) is 5.91 Å². The summed E-state index contributed by atoms with van der Waals surface area (Å²) in [5.74, 6) is 1.44. The van der Waals surface area contributed by atoms with Gasteiger partial charge in [-0.3, -0.25) is 9.69 Å². The van der Waals surface area contributed by atoms with Gasteiger partial charge in [-0.25, -0.2) is 0 Å². The third-order valence-corrected chi connectivity index (χ3v) is 6.37. The highest BCUT2D eigenvalue weighted by molar-refractivity contribution is 5.78. The molecule has 1 saturated heterocycles. The fourth-order valence-electron chi connectivity index (χ4n) is 4.38. The summed E-state index contributed by atoms with van der Waals surface area (Å²) in [5.41, 5.74) is 1.85. The normalized spacial score (nSPS) is 26.9. The van der Waals surface area contributed by atoms with Crippen LogP contribution in [0.4, 0.5) is 5.69 Å². The first-order valence-electron chi connectivity index (χ1n) is 10.3. The first kappa shape index (κ1) is 19.7. The second kappa shape index (κ2) is 9.23. The number of rotatable bonds is 4. The summed E-state index contributed by atoms with van der Waals surface area (Å²) in [4.78, 5) is 17.2. The third-order valence-electron chi connectivity index (χ3n) is 6.37. The standard InChI is InChI=1S/C22H32N4O/c1-17-5-3-6-21(18(17)2)24-22(27)16-25-11-4-12-26(14-13-25)20-9-7-19(15-23)8-10-20/h7-10,17-18,21H,3-6,11-14,16H2,1-2H3,(H,24,27). The van der Waals surface area contributed by atoms with Crippen molar-refractivity contribution in [2.75, 3.05) is 37.6 Å². The van der Waals surface area contributed by atoms with Gasteiger partial charge in [-0.15, -0.1) is 0 Å². The molecule has 5 nitrogen and oxygen atoms in total. The number of hydrogen-bond acceptors (Lipinski definition) is 4. The zero-order valence-electron chi connectivity index (χ0n) is 16.7. The number of carbonyl (C=O) groups is 1. The number of nitriles is 1. The maximum absolute atomic E-state index is 12.6. The van der Waals surface area contributed by atoms with Crippen molar-refractivity contribution in [1.29, 1.82) is 5.26 Å². The lowest BCUT2D eigenvalue weighted by atomic mass is 9.78. The molecule has 0 bridgehead atoms. The van der Waals surface area contributed by atoms with Gasteiger partial charge >= 0.3 is 0 Å². The van der Waals surface area contributed by atoms with E-state index < -0.39 is 0 Å². The summed E-state index contributed by atoms with van der Waals surface area (Å²) in [6, 6.07) is 10.3. The highest BCUT2D eigenvalue weighted by Crippen LogP contribution is 2.29. The molecule has 1 N–H and O–H groups in total. The minimum Gasteiger partial charge on any atom is -0.370 e. The van der Waals surface area contributed by atoms with Crippen LogP contribution >= 0.6 is 0 Å². The van der Waals surface area contributed by atoms with Crippen LogP contribution in [-0.2, 0) is 4.79 Å². The Balaban J connectivity index is 1.49. The van der Waals surface area contributed by atoms with Gasteiger partial charge in [-0.1, -0.05) is 26.7 Å². The Morgan fingerprint density at radius 1 is 1.11 bits per heavy atom. The summed E-state index contributed by atoms with van der Waals surface area (Å²) in [6.07, 6.45) is 4.67. The van der Waals surface area contributed by atoms with E-state index in [0.29, 0.717) is 30.0 Å². The topological polar surface area (TPSA) is 59.4 Å². The Bertz CT molecular complexity index is 666. The fraction of sp³-hybridized carbons (Fsp3) is 0.636. The van der Waals surface area contributed by atoms with E-state index in [0.717, 1.165) is 44.7 Å². The first-order chi connectivity index (χ1) is 13.1. The zero-order valence-corrected chi connectivity index (χ0v) is 16.7. The molecule has 3 unspecified atom stereocenters. The average molecular weight is 369 g/mol. The van der Waals surface area contributed by atoms with Crippen LogP contribution in [-0.4, -0.2) is 49.6 Å². The first-order valence-corrected chi connectivity index (χ1v) is 10.3. The van der Waals surface area contributed by atoms with Gasteiger partial charge in [-0.2, -0.15) is 5.26 Å². The van der Waals surface area contributed by atoms with Crippen molar-refractivity contribution in [2.45, 2.75) is 45.6 Å². The van der Waals surface area contributed by atoms with Gasteiger partial charge in [-0.05, 0) is 48.9 Å². The molecule has 2 fully saturated rings. The van der Waals surface area contributed by atoms with Crippen LogP contribution in [0.5, 0.6) is 0 Å². The Morgan fingerprint density at radius 2 is 1.89 bits per heavy atom. The lowest BCUT2D eigenvalue weighted by molar-refractivity contribution is -0.123. The van der Waals surface area contributed by atoms with Gasteiger partial charge in [0, 0.05) is 37.9 Å². The molecular formula is C22H32N4O. The molecule has 27 heavy (non-hydrogen) atoms. The predicted octanol–water partition coefficient (Wildman–Crippen LogP) is 3.01. The highest BCUT2D eigenvalue weighted by atomic mass is 16.2. The largest absolute Gasteiger partial charge is 0.370 e. The predicted molar refractivity (Wildman–Crippen MR) is 109 cm³/mol. The maximum Gasteiger partial charge on any atom is 0.234 e. The fourth-order valence-corrected chi connectivity index (χ4v) is 4.38. The third kappa shape index (κ3) is 5.23. The Labute approximate surface area is 163 Å². The van der Waals surface area contributed by atoms with Crippen molar-refractivity contribution in [3.63, 3.8) is 0 Å². The van der Waals surface area contributed by atoms with Crippen molar-refractivity contribution in [2.24, 2.45) is 11.8 Å². The molecule has 0 aromatic heterocycles. The zero-order chi connectivity index (χ0) is 19.2. The molecule has 1 aromatic carbocycles. The summed E-state index contributed by atoms with van der Waals surface area (Å²) in [5, 5.41) is 12.2. The molecular weight excluding hydrogens is 336 g/mol. The minimum atomic E-state index is 0.174. The lowest BCUT2D eigenvalue weighted by Crippen LogP contribution is -2.47. The molecule has 1 aliphatic heterocycles. The number of nitrogens with zero attached hydrogens (tertiary/aromatic N) is 3. The molecule has 1 aliphatic carbocycles. The number of amides is 1. The molecule has 2 aliphatic rings. The van der Waals surface area contributed by atoms with Crippen molar-refractivity contribution < 1.29 is 4.79 Å². The highest BCUT2D eigenvalue weighted by Gasteiger charge is 2.28. The van der Waals surface area contributed by atoms with Crippen LogP contribution in [0.3, 0.4) is 0 Å². The molecule has 1 amide bonds. The van der Waals surface area contributed by atoms with E-state index >= 15 is 0 Å². The van der Waals surface area contributed by atoms with Crippen LogP contribution in [0.15, 0.2) is 24.3 Å². The number of nitrogens with one attached hydrogen (secondary N) is 1. The van der Waals surface area contributed by atoms with Crippen LogP contribution < -0.4 is 10.2 Å². The molecule has 1 heterocycles. The second-order valence-electron chi connectivity index (χ2n) is 8.22. The average Bonchev–Trinajstić information content (AvgIpc) is 2.91. The molecule has 3 atom stereocenters. The monoisotopic (exact) mass is 368 g/mol. The van der Waals surface area contributed by atoms with Crippen molar-refractivity contribution in [3.05, 3.63) is 29.8 Å². The van der Waals surface area contributed by atoms with Crippen molar-refractivity contribution in [1.82, 2.24) is 10.2 Å². The van der Waals surface area contributed by atoms with Gasteiger partial charge in [0.15, 0.2) is 0 Å². The minimum absolute atomic E-state index is 0.174. The molecule has 3 rings (SSSR count). The van der Waals surface area contributed by atoms with Crippen LogP contribution in [0.1, 0.15) is 45.1 Å². The van der Waals surface area contributed by atoms with E-state index in [1.807, 2.05) is 24.3 Å². The van der Waals surface area contributed by atoms with E-state index in [1.54, 1.807) is 0 Å². The molecule has 146 valence electrons. The quantitative estimate of drug-likeness (QED) is 0.887. The summed E-state index contributed by atoms with van der Waals surface area (Å²) in [7, 11) is 0. The SMILES string of the molecule is CC1CCCC(NC(=O)CN2CCCN(c3ccc(C#N)cc3)CC2)C1C. The second-order valence-corrected chi connectivity index (χ2v) is 8.22. The van der Waals surface area contributed by atoms with E-state index in [-0.39, 0.29) is 5.91 Å². The summed E-state index contributed by atoms with van der Waals surface area (Å²) in [6.45, 7) is 8.82. The van der Waals surface area contributed by atoms with Gasteiger partial charge in [0.25, 0.3) is 0 Å². The van der Waals surface area contributed by atoms with Crippen molar-refractivity contribution in [3.8, 4) is 6.07 Å². The number of carbonyl (C=O) groups excluding carboxylic acids is 1. The van der Waals surface area contributed by atoms with Crippen molar-refractivity contribution >= 4 is 11.6 Å². The van der Waals surface area contributed by atoms with E-state index in [1.165, 1.54) is 12.8 Å². The van der Waals surface area contributed by atoms with Crippen LogP contribution in [0.25, 0.3) is 0 Å². The maximum atomic E-state index is 12.6. The lowest BCUT2D eigenvalue weighted by Gasteiger charge is -2.35. The van der Waals surface area contributed by atoms with E-state index in [4.69, 9.17) is 5.26 Å². The molecule has 1 aromatic rings. The number of hydrogen-bond donors (Lipinski definition) is 1. The van der Waals surface area contributed by atoms with Crippen LogP contribution in [0, 0.1) is 23.2 Å². The number of benzene rings is 1. The Kier molecular flexibility index (Phi) is 6.73. The Hall–Kier alpha value is -2.06. The Morgan fingerprint density at radius 3 is 2.63 bits per heavy atom. The molecule has 5 heteroatoms. The number of anilines is 1. The molecule has 0 radical (unpaired) electrons. The smallest absolute Gasteiger partial charge is 0.234 e. The van der Waals surface area contributed by atoms with E-state index in [9.17, 15) is 4.79 Å².